The first kappa shape index (κ1) is 11.6. The van der Waals surface area contributed by atoms with Gasteiger partial charge in [0.25, 0.3) is 0 Å². The van der Waals surface area contributed by atoms with Crippen LogP contribution in [0.5, 0.6) is 0 Å². The van der Waals surface area contributed by atoms with Crippen LogP contribution in [0, 0.1) is 0 Å². The molecule has 0 fully saturated rings. The topological polar surface area (TPSA) is 72.9 Å². The molecule has 1 heterocycles. The minimum absolute atomic E-state index is 0.108. The molecule has 0 unspecified atom stereocenters. The largest absolute Gasteiger partial charge is 0.396 e. The second-order valence-corrected chi connectivity index (χ2v) is 3.49. The predicted octanol–water partition coefficient (Wildman–Crippen LogP) is 0.772. The molecule has 0 aromatic carbocycles. The Kier molecular flexibility index (Phi) is 4.66. The number of amides is 1. The zero-order valence-corrected chi connectivity index (χ0v) is 9.07. The van der Waals surface area contributed by atoms with Crippen LogP contribution >= 0.6 is 0 Å². The fourth-order valence-corrected chi connectivity index (χ4v) is 1.24. The lowest BCUT2D eigenvalue weighted by atomic mass is 10.2. The predicted molar refractivity (Wildman–Crippen MR) is 59.2 cm³/mol. The van der Waals surface area contributed by atoms with E-state index in [4.69, 9.17) is 5.73 Å². The maximum absolute atomic E-state index is 11.2. The molecule has 0 bridgehead atoms. The van der Waals surface area contributed by atoms with Gasteiger partial charge in [-0.15, -0.1) is 0 Å². The van der Waals surface area contributed by atoms with Gasteiger partial charge in [0.2, 0.25) is 5.91 Å². The summed E-state index contributed by atoms with van der Waals surface area (Å²) >= 11 is 0. The van der Waals surface area contributed by atoms with Crippen LogP contribution in [0.1, 0.15) is 26.2 Å². The average molecular weight is 210 g/mol. The van der Waals surface area contributed by atoms with Crippen molar-refractivity contribution in [2.24, 2.45) is 0 Å². The molecule has 0 aliphatic carbocycles. The van der Waals surface area contributed by atoms with E-state index < -0.39 is 0 Å². The van der Waals surface area contributed by atoms with Crippen molar-refractivity contribution in [3.8, 4) is 0 Å². The number of rotatable bonds is 6. The molecule has 3 N–H and O–H groups in total. The summed E-state index contributed by atoms with van der Waals surface area (Å²) in [6.07, 6.45) is 5.94. The fraction of sp³-hybridized carbons (Fsp3) is 0.600. The molecule has 0 aliphatic rings. The van der Waals surface area contributed by atoms with Gasteiger partial charge < -0.3 is 11.1 Å². The molecule has 15 heavy (non-hydrogen) atoms. The summed E-state index contributed by atoms with van der Waals surface area (Å²) in [4.78, 5) is 11.2. The van der Waals surface area contributed by atoms with Crippen LogP contribution in [-0.4, -0.2) is 22.2 Å². The third-order valence-electron chi connectivity index (χ3n) is 2.07. The molecular weight excluding hydrogens is 192 g/mol. The van der Waals surface area contributed by atoms with E-state index >= 15 is 0 Å². The van der Waals surface area contributed by atoms with Crippen LogP contribution < -0.4 is 11.1 Å². The highest BCUT2D eigenvalue weighted by Crippen LogP contribution is 1.97. The van der Waals surface area contributed by atoms with E-state index in [1.807, 2.05) is 0 Å². The highest BCUT2D eigenvalue weighted by Gasteiger charge is 1.99. The van der Waals surface area contributed by atoms with Gasteiger partial charge in [0.1, 0.15) is 0 Å². The Morgan fingerprint density at radius 2 is 2.47 bits per heavy atom. The zero-order chi connectivity index (χ0) is 11.1. The van der Waals surface area contributed by atoms with Crippen LogP contribution in [0.25, 0.3) is 0 Å². The van der Waals surface area contributed by atoms with Gasteiger partial charge in [-0.1, -0.05) is 13.3 Å². The smallest absolute Gasteiger partial charge is 0.220 e. The summed E-state index contributed by atoms with van der Waals surface area (Å²) in [5.74, 6) is 0.108. The standard InChI is InChI=1S/C10H18N4O/c1-2-3-4-10(15)12-5-6-14-8-9(11)7-13-14/h7-8H,2-6,11H2,1H3,(H,12,15). The minimum atomic E-state index is 0.108. The van der Waals surface area contributed by atoms with Crippen LogP contribution in [-0.2, 0) is 11.3 Å². The SMILES string of the molecule is CCCCC(=O)NCCn1cc(N)cn1. The van der Waals surface area contributed by atoms with Crippen molar-refractivity contribution in [1.82, 2.24) is 15.1 Å². The van der Waals surface area contributed by atoms with Crippen LogP contribution in [0.4, 0.5) is 5.69 Å². The van der Waals surface area contributed by atoms with Crippen molar-refractivity contribution in [1.29, 1.82) is 0 Å². The van der Waals surface area contributed by atoms with E-state index in [0.29, 0.717) is 25.2 Å². The Labute approximate surface area is 89.6 Å². The molecule has 1 amide bonds. The minimum Gasteiger partial charge on any atom is -0.396 e. The van der Waals surface area contributed by atoms with Crippen molar-refractivity contribution >= 4 is 11.6 Å². The molecule has 1 rings (SSSR count). The van der Waals surface area contributed by atoms with Gasteiger partial charge in [-0.2, -0.15) is 5.10 Å². The number of aromatic nitrogens is 2. The molecule has 84 valence electrons. The van der Waals surface area contributed by atoms with Crippen molar-refractivity contribution < 1.29 is 4.79 Å². The van der Waals surface area contributed by atoms with E-state index in [-0.39, 0.29) is 5.91 Å². The average Bonchev–Trinajstić information content (AvgIpc) is 2.61. The van der Waals surface area contributed by atoms with Gasteiger partial charge in [0.15, 0.2) is 0 Å². The number of carbonyl (C=O) groups is 1. The van der Waals surface area contributed by atoms with Crippen LogP contribution in [0.3, 0.4) is 0 Å². The molecule has 0 saturated carbocycles. The highest BCUT2D eigenvalue weighted by atomic mass is 16.1. The molecular formula is C10H18N4O. The number of nitrogens with two attached hydrogens (primary N) is 1. The second kappa shape index (κ2) is 6.06. The van der Waals surface area contributed by atoms with Gasteiger partial charge in [-0.05, 0) is 6.42 Å². The number of anilines is 1. The molecule has 0 spiro atoms. The quantitative estimate of drug-likeness (QED) is 0.728. The number of nitrogen functional groups attached to an aromatic ring is 1. The van der Waals surface area contributed by atoms with Crippen molar-refractivity contribution in [3.63, 3.8) is 0 Å². The van der Waals surface area contributed by atoms with E-state index in [0.717, 1.165) is 12.8 Å². The number of nitrogens with one attached hydrogen (secondary N) is 1. The van der Waals surface area contributed by atoms with E-state index in [1.54, 1.807) is 17.1 Å². The van der Waals surface area contributed by atoms with E-state index in [1.165, 1.54) is 0 Å². The summed E-state index contributed by atoms with van der Waals surface area (Å²) in [6, 6.07) is 0. The van der Waals surface area contributed by atoms with Gasteiger partial charge in [0.05, 0.1) is 18.4 Å². The van der Waals surface area contributed by atoms with Crippen molar-refractivity contribution in [2.45, 2.75) is 32.7 Å². The first-order chi connectivity index (χ1) is 7.22. The maximum atomic E-state index is 11.2. The number of hydrogen-bond donors (Lipinski definition) is 2. The van der Waals surface area contributed by atoms with E-state index in [2.05, 4.69) is 17.3 Å². The number of carbonyl (C=O) groups excluding carboxylic acids is 1. The molecule has 5 heteroatoms. The van der Waals surface area contributed by atoms with Crippen molar-refractivity contribution in [3.05, 3.63) is 12.4 Å². The summed E-state index contributed by atoms with van der Waals surface area (Å²) < 4.78 is 1.72. The first-order valence-corrected chi connectivity index (χ1v) is 5.27. The molecule has 1 aromatic rings. The highest BCUT2D eigenvalue weighted by molar-refractivity contribution is 5.75. The fourth-order valence-electron chi connectivity index (χ4n) is 1.24. The summed E-state index contributed by atoms with van der Waals surface area (Å²) in [5, 5.41) is 6.85. The monoisotopic (exact) mass is 210 g/mol. The summed E-state index contributed by atoms with van der Waals surface area (Å²) in [7, 11) is 0. The Bertz CT molecular complexity index is 308. The first-order valence-electron chi connectivity index (χ1n) is 5.27. The van der Waals surface area contributed by atoms with Gasteiger partial charge in [-0.3, -0.25) is 9.48 Å². The Morgan fingerprint density at radius 1 is 1.67 bits per heavy atom. The molecule has 0 radical (unpaired) electrons. The molecule has 1 aromatic heterocycles. The normalized spacial score (nSPS) is 10.2. The van der Waals surface area contributed by atoms with Gasteiger partial charge in [0, 0.05) is 19.2 Å². The maximum Gasteiger partial charge on any atom is 0.220 e. The lowest BCUT2D eigenvalue weighted by Gasteiger charge is -2.04. The van der Waals surface area contributed by atoms with Crippen LogP contribution in [0.2, 0.25) is 0 Å². The number of unbranched alkanes of at least 4 members (excludes halogenated alkanes) is 1. The lowest BCUT2D eigenvalue weighted by molar-refractivity contribution is -0.121. The Hall–Kier alpha value is -1.52. The molecule has 5 nitrogen and oxygen atoms in total. The van der Waals surface area contributed by atoms with Crippen LogP contribution in [0.15, 0.2) is 12.4 Å². The second-order valence-electron chi connectivity index (χ2n) is 3.49. The summed E-state index contributed by atoms with van der Waals surface area (Å²) in [5.41, 5.74) is 6.15. The molecule has 0 aliphatic heterocycles. The third-order valence-corrected chi connectivity index (χ3v) is 2.07. The number of nitrogens with zero attached hydrogens (tertiary/aromatic N) is 2. The molecule has 0 atom stereocenters. The number of hydrogen-bond acceptors (Lipinski definition) is 3. The third kappa shape index (κ3) is 4.49. The zero-order valence-electron chi connectivity index (χ0n) is 9.07. The summed E-state index contributed by atoms with van der Waals surface area (Å²) in [6.45, 7) is 3.33. The van der Waals surface area contributed by atoms with E-state index in [9.17, 15) is 4.79 Å². The van der Waals surface area contributed by atoms with Gasteiger partial charge in [-0.25, -0.2) is 0 Å². The van der Waals surface area contributed by atoms with Crippen molar-refractivity contribution in [2.75, 3.05) is 12.3 Å². The molecule has 0 saturated heterocycles. The van der Waals surface area contributed by atoms with Gasteiger partial charge >= 0.3 is 0 Å². The Balaban J connectivity index is 2.13. The Morgan fingerprint density at radius 3 is 3.07 bits per heavy atom. The lowest BCUT2D eigenvalue weighted by Crippen LogP contribution is -2.26.